The Morgan fingerprint density at radius 3 is 2.38 bits per heavy atom. The zero-order valence-corrected chi connectivity index (χ0v) is 11.3. The van der Waals surface area contributed by atoms with E-state index in [-0.39, 0.29) is 6.54 Å². The molecule has 0 unspecified atom stereocenters. The number of alkyl halides is 3. The van der Waals surface area contributed by atoms with Crippen LogP contribution in [-0.4, -0.2) is 18.6 Å². The first-order valence-corrected chi connectivity index (χ1v) is 7.19. The highest BCUT2D eigenvalue weighted by molar-refractivity contribution is 7.87. The predicted octanol–water partition coefficient (Wildman–Crippen LogP) is 1.39. The van der Waals surface area contributed by atoms with Gasteiger partial charge in [0.1, 0.15) is 0 Å². The number of H-pyrrole nitrogens is 1. The highest BCUT2D eigenvalue weighted by Gasteiger charge is 2.30. The van der Waals surface area contributed by atoms with Crippen LogP contribution in [-0.2, 0) is 22.9 Å². The van der Waals surface area contributed by atoms with E-state index in [0.717, 1.165) is 12.1 Å². The maximum atomic E-state index is 12.4. The summed E-state index contributed by atoms with van der Waals surface area (Å²) < 4.78 is 60.9. The molecule has 0 bridgehead atoms. The van der Waals surface area contributed by atoms with Crippen molar-refractivity contribution in [3.05, 3.63) is 41.6 Å². The molecule has 0 fully saturated rings. The van der Waals surface area contributed by atoms with Gasteiger partial charge in [0.2, 0.25) is 0 Å². The third-order valence-electron chi connectivity index (χ3n) is 2.60. The van der Waals surface area contributed by atoms with Crippen LogP contribution in [0.2, 0.25) is 0 Å². The van der Waals surface area contributed by atoms with E-state index < -0.39 is 21.9 Å². The fourth-order valence-electron chi connectivity index (χ4n) is 1.61. The normalized spacial score (nSPS) is 12.6. The first-order chi connectivity index (χ1) is 9.65. The highest BCUT2D eigenvalue weighted by Crippen LogP contribution is 2.30. The summed E-state index contributed by atoms with van der Waals surface area (Å²) in [4.78, 5) is 0. The summed E-state index contributed by atoms with van der Waals surface area (Å²) >= 11 is 0. The number of benzene rings is 1. The van der Waals surface area contributed by atoms with Gasteiger partial charge in [0.15, 0.2) is 0 Å². The quantitative estimate of drug-likeness (QED) is 0.793. The summed E-state index contributed by atoms with van der Waals surface area (Å²) in [7, 11) is -3.82. The van der Waals surface area contributed by atoms with Crippen molar-refractivity contribution in [3.8, 4) is 11.3 Å². The molecule has 0 aliphatic heterocycles. The Morgan fingerprint density at radius 1 is 1.24 bits per heavy atom. The minimum atomic E-state index is -4.39. The summed E-state index contributed by atoms with van der Waals surface area (Å²) in [5, 5.41) is 11.2. The Hall–Kier alpha value is -1.91. The maximum Gasteiger partial charge on any atom is 0.416 e. The van der Waals surface area contributed by atoms with E-state index in [0.29, 0.717) is 17.0 Å². The molecule has 0 spiro atoms. The van der Waals surface area contributed by atoms with Gasteiger partial charge >= 0.3 is 6.18 Å². The van der Waals surface area contributed by atoms with E-state index in [9.17, 15) is 21.6 Å². The van der Waals surface area contributed by atoms with E-state index in [2.05, 4.69) is 14.9 Å². The van der Waals surface area contributed by atoms with Gasteiger partial charge in [-0.3, -0.25) is 5.10 Å². The van der Waals surface area contributed by atoms with Gasteiger partial charge in [-0.1, -0.05) is 12.1 Å². The number of hydrogen-bond donors (Lipinski definition) is 3. The van der Waals surface area contributed by atoms with Crippen molar-refractivity contribution < 1.29 is 21.6 Å². The van der Waals surface area contributed by atoms with E-state index in [1.165, 1.54) is 18.2 Å². The van der Waals surface area contributed by atoms with Gasteiger partial charge in [0, 0.05) is 5.56 Å². The molecule has 2 aromatic rings. The highest BCUT2D eigenvalue weighted by atomic mass is 32.2. The predicted molar refractivity (Wildman–Crippen MR) is 69.0 cm³/mol. The van der Waals surface area contributed by atoms with Crippen molar-refractivity contribution in [2.75, 3.05) is 0 Å². The van der Waals surface area contributed by atoms with Crippen LogP contribution < -0.4 is 9.86 Å². The third-order valence-corrected chi connectivity index (χ3v) is 3.15. The Balaban J connectivity index is 2.14. The molecular formula is C11H11F3N4O2S. The molecule has 114 valence electrons. The summed E-state index contributed by atoms with van der Waals surface area (Å²) in [5.74, 6) is 0. The van der Waals surface area contributed by atoms with Crippen LogP contribution >= 0.6 is 0 Å². The molecular weight excluding hydrogens is 309 g/mol. The lowest BCUT2D eigenvalue weighted by Gasteiger charge is -2.06. The van der Waals surface area contributed by atoms with Gasteiger partial charge in [-0.25, -0.2) is 5.14 Å². The number of aromatic amines is 1. The Bertz CT molecular complexity index is 723. The number of nitrogens with one attached hydrogen (secondary N) is 2. The van der Waals surface area contributed by atoms with Crippen LogP contribution in [0.4, 0.5) is 13.2 Å². The summed E-state index contributed by atoms with van der Waals surface area (Å²) in [5.41, 5.74) is 0.549. The standard InChI is InChI=1S/C11H11F3N4O2S/c12-11(13,14)8-3-1-7(2-4-8)10-5-9(17-18-10)6-16-21(15,19)20/h1-5,16H,6H2,(H,17,18)(H2,15,19,20). The molecule has 1 aromatic heterocycles. The van der Waals surface area contributed by atoms with Crippen molar-refractivity contribution >= 4 is 10.2 Å². The zero-order valence-electron chi connectivity index (χ0n) is 10.5. The molecule has 2 rings (SSSR count). The van der Waals surface area contributed by atoms with Crippen LogP contribution in [0.5, 0.6) is 0 Å². The molecule has 0 saturated heterocycles. The topological polar surface area (TPSA) is 101 Å². The second-order valence-corrected chi connectivity index (χ2v) is 5.60. The molecule has 0 aliphatic carbocycles. The second-order valence-electron chi connectivity index (χ2n) is 4.22. The van der Waals surface area contributed by atoms with Crippen molar-refractivity contribution in [3.63, 3.8) is 0 Å². The lowest BCUT2D eigenvalue weighted by Crippen LogP contribution is -2.30. The molecule has 0 atom stereocenters. The van der Waals surface area contributed by atoms with Crippen molar-refractivity contribution in [1.82, 2.24) is 14.9 Å². The van der Waals surface area contributed by atoms with Gasteiger partial charge in [-0.2, -0.15) is 31.4 Å². The Labute approximate surface area is 118 Å². The SMILES string of the molecule is NS(=O)(=O)NCc1cc(-c2ccc(C(F)(F)F)cc2)n[nH]1. The molecule has 0 amide bonds. The number of nitrogens with two attached hydrogens (primary N) is 1. The van der Waals surface area contributed by atoms with Crippen LogP contribution in [0, 0.1) is 0 Å². The van der Waals surface area contributed by atoms with Crippen molar-refractivity contribution in [1.29, 1.82) is 0 Å². The molecule has 6 nitrogen and oxygen atoms in total. The number of rotatable bonds is 4. The van der Waals surface area contributed by atoms with Gasteiger partial charge in [0.25, 0.3) is 10.2 Å². The molecule has 1 heterocycles. The Kier molecular flexibility index (Phi) is 4.03. The largest absolute Gasteiger partial charge is 0.416 e. The number of hydrogen-bond acceptors (Lipinski definition) is 3. The minimum absolute atomic E-state index is 0.0908. The van der Waals surface area contributed by atoms with E-state index >= 15 is 0 Å². The fourth-order valence-corrected chi connectivity index (χ4v) is 1.97. The maximum absolute atomic E-state index is 12.4. The van der Waals surface area contributed by atoms with Crippen molar-refractivity contribution in [2.45, 2.75) is 12.7 Å². The summed E-state index contributed by atoms with van der Waals surface area (Å²) in [6, 6.07) is 5.99. The minimum Gasteiger partial charge on any atom is -0.281 e. The van der Waals surface area contributed by atoms with Crippen LogP contribution in [0.3, 0.4) is 0 Å². The lowest BCUT2D eigenvalue weighted by atomic mass is 10.1. The first kappa shape index (κ1) is 15.5. The van der Waals surface area contributed by atoms with E-state index in [4.69, 9.17) is 5.14 Å². The summed E-state index contributed by atoms with van der Waals surface area (Å²) in [6.07, 6.45) is -4.39. The van der Waals surface area contributed by atoms with Crippen molar-refractivity contribution in [2.24, 2.45) is 5.14 Å². The number of halogens is 3. The van der Waals surface area contributed by atoms with Crippen LogP contribution in [0.1, 0.15) is 11.3 Å². The zero-order chi connectivity index (χ0) is 15.7. The van der Waals surface area contributed by atoms with Gasteiger partial charge in [0.05, 0.1) is 23.5 Å². The van der Waals surface area contributed by atoms with Crippen LogP contribution in [0.15, 0.2) is 30.3 Å². The number of aromatic nitrogens is 2. The molecule has 1 aromatic carbocycles. The van der Waals surface area contributed by atoms with E-state index in [1.54, 1.807) is 0 Å². The average molecular weight is 320 g/mol. The fraction of sp³-hybridized carbons (Fsp3) is 0.182. The monoisotopic (exact) mass is 320 g/mol. The molecule has 0 radical (unpaired) electrons. The van der Waals surface area contributed by atoms with Gasteiger partial charge in [-0.15, -0.1) is 0 Å². The third kappa shape index (κ3) is 4.28. The molecule has 0 aliphatic rings. The van der Waals surface area contributed by atoms with Crippen LogP contribution in [0.25, 0.3) is 11.3 Å². The van der Waals surface area contributed by atoms with Gasteiger partial charge in [-0.05, 0) is 18.2 Å². The molecule has 0 saturated carbocycles. The second kappa shape index (κ2) is 5.47. The number of nitrogens with zero attached hydrogens (tertiary/aromatic N) is 1. The van der Waals surface area contributed by atoms with Gasteiger partial charge < -0.3 is 0 Å². The molecule has 10 heteroatoms. The average Bonchev–Trinajstić information content (AvgIpc) is 2.83. The summed E-state index contributed by atoms with van der Waals surface area (Å²) in [6.45, 7) is -0.0908. The lowest BCUT2D eigenvalue weighted by molar-refractivity contribution is -0.137. The first-order valence-electron chi connectivity index (χ1n) is 5.64. The smallest absolute Gasteiger partial charge is 0.281 e. The molecule has 21 heavy (non-hydrogen) atoms. The Morgan fingerprint density at radius 2 is 1.86 bits per heavy atom. The van der Waals surface area contributed by atoms with E-state index in [1.807, 2.05) is 0 Å². The molecule has 4 N–H and O–H groups in total.